The Hall–Kier alpha value is -1.06. The van der Waals surface area contributed by atoms with Crippen molar-refractivity contribution in [3.8, 4) is 0 Å². The molecule has 1 fully saturated rings. The van der Waals surface area contributed by atoms with Gasteiger partial charge in [-0.05, 0) is 38.5 Å². The van der Waals surface area contributed by atoms with Crippen LogP contribution in [0.1, 0.15) is 40.5 Å². The minimum Gasteiger partial charge on any atom is -0.466 e. The first-order valence-corrected chi connectivity index (χ1v) is 6.86. The van der Waals surface area contributed by atoms with Crippen LogP contribution in [0.3, 0.4) is 0 Å². The fraction of sp³-hybridized carbons (Fsp3) is 0.857. The van der Waals surface area contributed by atoms with Crippen molar-refractivity contribution in [2.75, 3.05) is 13.2 Å². The maximum atomic E-state index is 12.0. The summed E-state index contributed by atoms with van der Waals surface area (Å²) in [7, 11) is 0. The molecule has 0 spiro atoms. The second-order valence-electron chi connectivity index (χ2n) is 5.05. The molecule has 0 N–H and O–H groups in total. The monoisotopic (exact) mass is 256 g/mol. The Kier molecular flexibility index (Phi) is 5.63. The number of ether oxygens (including phenoxy) is 2. The molecule has 0 amide bonds. The molecule has 104 valence electrons. The molecule has 0 saturated heterocycles. The smallest absolute Gasteiger partial charge is 0.310 e. The molecule has 1 rings (SSSR count). The molecule has 4 unspecified atom stereocenters. The predicted octanol–water partition coefficient (Wildman–Crippen LogP) is 2.41. The van der Waals surface area contributed by atoms with Crippen LogP contribution in [0, 0.1) is 23.7 Å². The highest BCUT2D eigenvalue weighted by Crippen LogP contribution is 2.39. The molecule has 1 saturated carbocycles. The molecule has 1 aliphatic carbocycles. The van der Waals surface area contributed by atoms with Crippen LogP contribution in [0.5, 0.6) is 0 Å². The molecule has 0 aromatic carbocycles. The van der Waals surface area contributed by atoms with Crippen LogP contribution in [0.4, 0.5) is 0 Å². The number of carbonyl (C=O) groups is 2. The minimum absolute atomic E-state index is 0.159. The molecule has 4 heteroatoms. The van der Waals surface area contributed by atoms with E-state index in [4.69, 9.17) is 9.47 Å². The van der Waals surface area contributed by atoms with Gasteiger partial charge in [0.2, 0.25) is 0 Å². The molecule has 0 heterocycles. The van der Waals surface area contributed by atoms with E-state index in [9.17, 15) is 9.59 Å². The SMILES string of the molecule is CCOC(=O)C1CCC(C)C(C)C1C(=O)OCC. The van der Waals surface area contributed by atoms with Crippen LogP contribution in [-0.4, -0.2) is 25.2 Å². The second-order valence-corrected chi connectivity index (χ2v) is 5.05. The molecule has 0 radical (unpaired) electrons. The quantitative estimate of drug-likeness (QED) is 0.725. The van der Waals surface area contributed by atoms with Gasteiger partial charge in [-0.25, -0.2) is 0 Å². The number of rotatable bonds is 4. The first kappa shape index (κ1) is 15.0. The zero-order valence-electron chi connectivity index (χ0n) is 11.8. The van der Waals surface area contributed by atoms with E-state index in [1.54, 1.807) is 13.8 Å². The van der Waals surface area contributed by atoms with Gasteiger partial charge >= 0.3 is 11.9 Å². The summed E-state index contributed by atoms with van der Waals surface area (Å²) < 4.78 is 10.2. The third-order valence-electron chi connectivity index (χ3n) is 3.98. The van der Waals surface area contributed by atoms with Gasteiger partial charge in [0.15, 0.2) is 0 Å². The Balaban J connectivity index is 2.85. The van der Waals surface area contributed by atoms with Crippen molar-refractivity contribution < 1.29 is 19.1 Å². The summed E-state index contributed by atoms with van der Waals surface area (Å²) in [6.45, 7) is 8.43. The number of hydrogen-bond acceptors (Lipinski definition) is 4. The van der Waals surface area contributed by atoms with Gasteiger partial charge in [-0.15, -0.1) is 0 Å². The van der Waals surface area contributed by atoms with Crippen LogP contribution in [0.25, 0.3) is 0 Å². The number of carbonyl (C=O) groups excluding carboxylic acids is 2. The van der Waals surface area contributed by atoms with Crippen LogP contribution in [0.15, 0.2) is 0 Å². The highest BCUT2D eigenvalue weighted by Gasteiger charge is 2.44. The lowest BCUT2D eigenvalue weighted by Gasteiger charge is -2.37. The number of esters is 2. The summed E-state index contributed by atoms with van der Waals surface area (Å²) in [4.78, 5) is 24.0. The van der Waals surface area contributed by atoms with Gasteiger partial charge in [-0.3, -0.25) is 9.59 Å². The van der Waals surface area contributed by atoms with E-state index in [1.165, 1.54) is 0 Å². The summed E-state index contributed by atoms with van der Waals surface area (Å²) >= 11 is 0. The highest BCUT2D eigenvalue weighted by atomic mass is 16.5. The molecule has 0 aliphatic heterocycles. The third kappa shape index (κ3) is 3.24. The molecule has 18 heavy (non-hydrogen) atoms. The molecule has 0 aromatic heterocycles. The molecule has 4 nitrogen and oxygen atoms in total. The zero-order valence-corrected chi connectivity index (χ0v) is 11.8. The Morgan fingerprint density at radius 3 is 2.11 bits per heavy atom. The molecule has 4 atom stereocenters. The Bertz CT molecular complexity index is 300. The van der Waals surface area contributed by atoms with Crippen molar-refractivity contribution in [1.29, 1.82) is 0 Å². The molecule has 0 aromatic rings. The van der Waals surface area contributed by atoms with Gasteiger partial charge in [0.1, 0.15) is 0 Å². The van der Waals surface area contributed by atoms with Gasteiger partial charge in [0, 0.05) is 0 Å². The van der Waals surface area contributed by atoms with Gasteiger partial charge < -0.3 is 9.47 Å². The minimum atomic E-state index is -0.354. The Labute approximate surface area is 109 Å². The normalized spacial score (nSPS) is 31.8. The van der Waals surface area contributed by atoms with Gasteiger partial charge in [-0.2, -0.15) is 0 Å². The lowest BCUT2D eigenvalue weighted by Crippen LogP contribution is -2.42. The maximum Gasteiger partial charge on any atom is 0.310 e. The van der Waals surface area contributed by atoms with E-state index in [2.05, 4.69) is 6.92 Å². The topological polar surface area (TPSA) is 52.6 Å². The molecule has 0 bridgehead atoms. The lowest BCUT2D eigenvalue weighted by molar-refractivity contribution is -0.166. The zero-order chi connectivity index (χ0) is 13.7. The van der Waals surface area contributed by atoms with Crippen LogP contribution in [-0.2, 0) is 19.1 Å². The maximum absolute atomic E-state index is 12.0. The van der Waals surface area contributed by atoms with E-state index in [0.717, 1.165) is 6.42 Å². The van der Waals surface area contributed by atoms with Crippen molar-refractivity contribution in [1.82, 2.24) is 0 Å². The van der Waals surface area contributed by atoms with Crippen molar-refractivity contribution in [2.45, 2.75) is 40.5 Å². The van der Waals surface area contributed by atoms with Crippen LogP contribution >= 0.6 is 0 Å². The van der Waals surface area contributed by atoms with Crippen LogP contribution in [0.2, 0.25) is 0 Å². The average Bonchev–Trinajstić information content (AvgIpc) is 2.32. The molecule has 1 aliphatic rings. The van der Waals surface area contributed by atoms with Gasteiger partial charge in [0.25, 0.3) is 0 Å². The van der Waals surface area contributed by atoms with Gasteiger partial charge in [-0.1, -0.05) is 13.8 Å². The first-order valence-electron chi connectivity index (χ1n) is 6.86. The van der Waals surface area contributed by atoms with Gasteiger partial charge in [0.05, 0.1) is 25.0 Å². The van der Waals surface area contributed by atoms with Crippen molar-refractivity contribution in [3.05, 3.63) is 0 Å². The standard InChI is InChI=1S/C14H24O4/c1-5-17-13(15)11-8-7-9(3)10(4)12(11)14(16)18-6-2/h9-12H,5-8H2,1-4H3. The Morgan fingerprint density at radius 2 is 1.56 bits per heavy atom. The summed E-state index contributed by atoms with van der Waals surface area (Å²) in [5, 5.41) is 0. The van der Waals surface area contributed by atoms with Crippen molar-refractivity contribution in [3.63, 3.8) is 0 Å². The van der Waals surface area contributed by atoms with E-state index in [1.807, 2.05) is 6.92 Å². The summed E-state index contributed by atoms with van der Waals surface area (Å²) in [6.07, 6.45) is 1.67. The Morgan fingerprint density at radius 1 is 1.00 bits per heavy atom. The van der Waals surface area contributed by atoms with E-state index in [-0.39, 0.29) is 29.7 Å². The predicted molar refractivity (Wildman–Crippen MR) is 67.8 cm³/mol. The first-order chi connectivity index (χ1) is 8.52. The fourth-order valence-electron chi connectivity index (χ4n) is 2.74. The average molecular weight is 256 g/mol. The summed E-state index contributed by atoms with van der Waals surface area (Å²) in [5.74, 6) is -0.607. The highest BCUT2D eigenvalue weighted by molar-refractivity contribution is 5.82. The second kappa shape index (κ2) is 6.76. The van der Waals surface area contributed by atoms with E-state index < -0.39 is 0 Å². The molecular formula is C14H24O4. The van der Waals surface area contributed by atoms with Crippen molar-refractivity contribution >= 4 is 11.9 Å². The van der Waals surface area contributed by atoms with E-state index in [0.29, 0.717) is 25.6 Å². The summed E-state index contributed by atoms with van der Waals surface area (Å²) in [5.41, 5.74) is 0. The van der Waals surface area contributed by atoms with Crippen molar-refractivity contribution in [2.24, 2.45) is 23.7 Å². The number of hydrogen-bond donors (Lipinski definition) is 0. The molecular weight excluding hydrogens is 232 g/mol. The van der Waals surface area contributed by atoms with Crippen LogP contribution < -0.4 is 0 Å². The lowest BCUT2D eigenvalue weighted by atomic mass is 9.68. The van der Waals surface area contributed by atoms with E-state index >= 15 is 0 Å². The fourth-order valence-corrected chi connectivity index (χ4v) is 2.74. The largest absolute Gasteiger partial charge is 0.466 e. The third-order valence-corrected chi connectivity index (χ3v) is 3.98. The summed E-state index contributed by atoms with van der Waals surface area (Å²) in [6, 6.07) is 0.